The molecule has 2 heterocycles. The summed E-state index contributed by atoms with van der Waals surface area (Å²) in [4.78, 5) is 18.9. The molecule has 0 radical (unpaired) electrons. The molecule has 2 aromatic heterocycles. The summed E-state index contributed by atoms with van der Waals surface area (Å²) in [6, 6.07) is 18.8. The third-order valence-corrected chi connectivity index (χ3v) is 3.69. The van der Waals surface area contributed by atoms with E-state index in [-0.39, 0.29) is 0 Å². The molecule has 122 valence electrons. The Morgan fingerprint density at radius 3 is 1.84 bits per heavy atom. The van der Waals surface area contributed by atoms with E-state index >= 15 is 0 Å². The van der Waals surface area contributed by atoms with Gasteiger partial charge in [0.05, 0.1) is 17.2 Å². The number of hydrogen-bond donors (Lipinski definition) is 1. The van der Waals surface area contributed by atoms with E-state index in [2.05, 4.69) is 15.1 Å². The van der Waals surface area contributed by atoms with Gasteiger partial charge in [0, 0.05) is 34.3 Å². The minimum absolute atomic E-state index is 0.695. The van der Waals surface area contributed by atoms with E-state index in [1.807, 2.05) is 54.6 Å². The van der Waals surface area contributed by atoms with Crippen LogP contribution in [0.1, 0.15) is 15.9 Å². The van der Waals surface area contributed by atoms with Crippen LogP contribution in [0.25, 0.3) is 21.8 Å². The van der Waals surface area contributed by atoms with Crippen LogP contribution in [0.3, 0.4) is 0 Å². The third-order valence-electron chi connectivity index (χ3n) is 3.69. The first-order chi connectivity index (χ1) is 12.3. The lowest BCUT2D eigenvalue weighted by molar-refractivity contribution is 0.112. The summed E-state index contributed by atoms with van der Waals surface area (Å²) in [7, 11) is 0. The van der Waals surface area contributed by atoms with Crippen molar-refractivity contribution in [3.05, 3.63) is 84.2 Å². The Labute approximate surface area is 144 Å². The quantitative estimate of drug-likeness (QED) is 0.260. The van der Waals surface area contributed by atoms with Gasteiger partial charge in [-0.15, -0.1) is 0 Å². The Kier molecular flexibility index (Phi) is 5.07. The molecule has 0 amide bonds. The van der Waals surface area contributed by atoms with E-state index in [9.17, 15) is 4.79 Å². The molecule has 0 unspecified atom stereocenters. The van der Waals surface area contributed by atoms with Gasteiger partial charge in [-0.05, 0) is 24.3 Å². The number of aromatic nitrogens is 2. The number of hydrogen-bond acceptors (Lipinski definition) is 5. The maximum atomic E-state index is 10.6. The lowest BCUT2D eigenvalue weighted by Crippen LogP contribution is -1.86. The van der Waals surface area contributed by atoms with Gasteiger partial charge in [0.25, 0.3) is 0 Å². The Balaban J connectivity index is 0.000000146. The Hall–Kier alpha value is -3.60. The molecule has 2 aromatic carbocycles. The number of aldehydes is 1. The molecule has 4 rings (SSSR count). The normalized spacial score (nSPS) is 10.6. The van der Waals surface area contributed by atoms with E-state index in [0.29, 0.717) is 5.56 Å². The SMILES string of the molecule is O/N=C/c1ccnc2ccccc12.O=Cc1ccnc2ccccc12. The fourth-order valence-corrected chi connectivity index (χ4v) is 2.51. The van der Waals surface area contributed by atoms with Crippen molar-refractivity contribution in [3.63, 3.8) is 0 Å². The van der Waals surface area contributed by atoms with Crippen molar-refractivity contribution in [2.24, 2.45) is 5.16 Å². The number of rotatable bonds is 2. The summed E-state index contributed by atoms with van der Waals surface area (Å²) in [5.41, 5.74) is 3.33. The molecule has 1 N–H and O–H groups in total. The van der Waals surface area contributed by atoms with Crippen molar-refractivity contribution in [1.82, 2.24) is 9.97 Å². The van der Waals surface area contributed by atoms with Crippen LogP contribution in [0.15, 0.2) is 78.2 Å². The number of carbonyl (C=O) groups excluding carboxylic acids is 1. The van der Waals surface area contributed by atoms with Crippen LogP contribution in [0.2, 0.25) is 0 Å². The van der Waals surface area contributed by atoms with E-state index in [1.54, 1.807) is 18.5 Å². The molecule has 0 saturated carbocycles. The molecule has 5 nitrogen and oxygen atoms in total. The van der Waals surface area contributed by atoms with Gasteiger partial charge in [-0.1, -0.05) is 41.6 Å². The van der Waals surface area contributed by atoms with Crippen LogP contribution in [-0.2, 0) is 0 Å². The molecule has 0 spiro atoms. The summed E-state index contributed by atoms with van der Waals surface area (Å²) >= 11 is 0. The highest BCUT2D eigenvalue weighted by atomic mass is 16.4. The number of fused-ring (bicyclic) bond motifs is 2. The number of nitrogens with zero attached hydrogens (tertiary/aromatic N) is 3. The molecular formula is C20H15N3O2. The Bertz CT molecular complexity index is 1030. The van der Waals surface area contributed by atoms with Crippen molar-refractivity contribution < 1.29 is 10.0 Å². The first-order valence-electron chi connectivity index (χ1n) is 7.63. The summed E-state index contributed by atoms with van der Waals surface area (Å²) < 4.78 is 0. The molecule has 0 aliphatic heterocycles. The lowest BCUT2D eigenvalue weighted by Gasteiger charge is -1.98. The topological polar surface area (TPSA) is 75.4 Å². The molecule has 5 heteroatoms. The molecular weight excluding hydrogens is 314 g/mol. The van der Waals surface area contributed by atoms with E-state index in [0.717, 1.165) is 33.7 Å². The van der Waals surface area contributed by atoms with E-state index in [4.69, 9.17) is 5.21 Å². The zero-order chi connectivity index (χ0) is 17.5. The number of para-hydroxylation sites is 2. The first-order valence-corrected chi connectivity index (χ1v) is 7.63. The molecule has 0 atom stereocenters. The van der Waals surface area contributed by atoms with Crippen LogP contribution in [0.4, 0.5) is 0 Å². The lowest BCUT2D eigenvalue weighted by atomic mass is 10.1. The Morgan fingerprint density at radius 1 is 0.760 bits per heavy atom. The van der Waals surface area contributed by atoms with Gasteiger partial charge >= 0.3 is 0 Å². The number of oxime groups is 1. The van der Waals surface area contributed by atoms with Crippen molar-refractivity contribution >= 4 is 34.3 Å². The van der Waals surface area contributed by atoms with Crippen molar-refractivity contribution in [2.45, 2.75) is 0 Å². The van der Waals surface area contributed by atoms with Crippen LogP contribution >= 0.6 is 0 Å². The van der Waals surface area contributed by atoms with Crippen LogP contribution in [0, 0.1) is 0 Å². The molecule has 0 aliphatic carbocycles. The van der Waals surface area contributed by atoms with E-state index < -0.39 is 0 Å². The maximum absolute atomic E-state index is 10.6. The highest BCUT2D eigenvalue weighted by molar-refractivity contribution is 5.97. The molecule has 0 fully saturated rings. The summed E-state index contributed by atoms with van der Waals surface area (Å²) in [5, 5.41) is 13.3. The molecule has 0 bridgehead atoms. The fourth-order valence-electron chi connectivity index (χ4n) is 2.51. The summed E-state index contributed by atoms with van der Waals surface area (Å²) in [6.45, 7) is 0. The van der Waals surface area contributed by atoms with Gasteiger partial charge in [0.2, 0.25) is 0 Å². The summed E-state index contributed by atoms with van der Waals surface area (Å²) in [5.74, 6) is 0. The third kappa shape index (κ3) is 3.67. The van der Waals surface area contributed by atoms with Crippen LogP contribution in [-0.4, -0.2) is 27.7 Å². The number of carbonyl (C=O) groups is 1. The number of benzene rings is 2. The minimum Gasteiger partial charge on any atom is -0.411 e. The first kappa shape index (κ1) is 16.3. The fraction of sp³-hybridized carbons (Fsp3) is 0. The number of pyridine rings is 2. The standard InChI is InChI=1S/C10H8N2O.C10H7NO/c13-12-7-8-5-6-11-10-4-2-1-3-9(8)10;12-7-8-5-6-11-10-4-2-1-3-9(8)10/h1-7,13H;1-7H/b12-7+;. The molecule has 25 heavy (non-hydrogen) atoms. The second kappa shape index (κ2) is 7.79. The summed E-state index contributed by atoms with van der Waals surface area (Å²) in [6.07, 6.45) is 5.60. The molecule has 4 aromatic rings. The smallest absolute Gasteiger partial charge is 0.150 e. The molecule has 0 saturated heterocycles. The van der Waals surface area contributed by atoms with Crippen molar-refractivity contribution in [2.75, 3.05) is 0 Å². The van der Waals surface area contributed by atoms with Gasteiger partial charge in [-0.25, -0.2) is 0 Å². The second-order valence-corrected chi connectivity index (χ2v) is 5.20. The average molecular weight is 329 g/mol. The maximum Gasteiger partial charge on any atom is 0.150 e. The van der Waals surface area contributed by atoms with Crippen LogP contribution in [0.5, 0.6) is 0 Å². The Morgan fingerprint density at radius 2 is 1.28 bits per heavy atom. The second-order valence-electron chi connectivity index (χ2n) is 5.20. The zero-order valence-corrected chi connectivity index (χ0v) is 13.3. The van der Waals surface area contributed by atoms with Gasteiger partial charge in [-0.2, -0.15) is 0 Å². The van der Waals surface area contributed by atoms with Gasteiger partial charge < -0.3 is 5.21 Å². The average Bonchev–Trinajstić information content (AvgIpc) is 2.68. The highest BCUT2D eigenvalue weighted by Gasteiger charge is 1.98. The highest BCUT2D eigenvalue weighted by Crippen LogP contribution is 2.14. The largest absolute Gasteiger partial charge is 0.411 e. The van der Waals surface area contributed by atoms with Gasteiger partial charge in [-0.3, -0.25) is 14.8 Å². The van der Waals surface area contributed by atoms with E-state index in [1.165, 1.54) is 6.21 Å². The zero-order valence-electron chi connectivity index (χ0n) is 13.3. The van der Waals surface area contributed by atoms with Crippen molar-refractivity contribution in [1.29, 1.82) is 0 Å². The minimum atomic E-state index is 0.695. The monoisotopic (exact) mass is 329 g/mol. The van der Waals surface area contributed by atoms with Crippen molar-refractivity contribution in [3.8, 4) is 0 Å². The van der Waals surface area contributed by atoms with Crippen LogP contribution < -0.4 is 0 Å². The van der Waals surface area contributed by atoms with Gasteiger partial charge in [0.1, 0.15) is 0 Å². The predicted octanol–water partition coefficient (Wildman–Crippen LogP) is 4.09. The van der Waals surface area contributed by atoms with Gasteiger partial charge in [0.15, 0.2) is 6.29 Å². The molecule has 0 aliphatic rings. The predicted molar refractivity (Wildman–Crippen MR) is 98.3 cm³/mol.